The molecule has 0 N–H and O–H groups in total. The van der Waals surface area contributed by atoms with Crippen molar-refractivity contribution in [3.05, 3.63) is 40.7 Å². The number of rotatable bonds is 2. The number of nitriles is 1. The van der Waals surface area contributed by atoms with Crippen LogP contribution in [0.1, 0.15) is 4.88 Å². The van der Waals surface area contributed by atoms with E-state index in [1.54, 1.807) is 29.7 Å². The molecule has 4 aromatic heterocycles. The van der Waals surface area contributed by atoms with Crippen LogP contribution in [-0.4, -0.2) is 15.1 Å². The zero-order chi connectivity index (χ0) is 14.2. The predicted octanol–water partition coefficient (Wildman–Crippen LogP) is 3.95. The van der Waals surface area contributed by atoms with Gasteiger partial charge in [-0.2, -0.15) is 10.2 Å². The Bertz CT molecular complexity index is 976. The zero-order valence-electron chi connectivity index (χ0n) is 10.5. The Kier molecular flexibility index (Phi) is 2.77. The van der Waals surface area contributed by atoms with E-state index in [2.05, 4.69) is 21.2 Å². The van der Waals surface area contributed by atoms with Gasteiger partial charge in [0.2, 0.25) is 5.82 Å². The van der Waals surface area contributed by atoms with Crippen LogP contribution in [0.5, 0.6) is 0 Å². The number of fused-ring (bicyclic) bond motifs is 1. The average molecular weight is 310 g/mol. The van der Waals surface area contributed by atoms with Gasteiger partial charge in [0.25, 0.3) is 5.89 Å². The van der Waals surface area contributed by atoms with Crippen LogP contribution < -0.4 is 0 Å². The Hall–Kier alpha value is -2.56. The largest absolute Gasteiger partial charge is 0.333 e. The number of hydrogen-bond acceptors (Lipinski definition) is 7. The number of hydrogen-bond donors (Lipinski definition) is 0. The van der Waals surface area contributed by atoms with Gasteiger partial charge in [-0.3, -0.25) is 4.98 Å². The van der Waals surface area contributed by atoms with E-state index in [1.807, 2.05) is 17.5 Å². The molecule has 0 unspecified atom stereocenters. The molecule has 0 aliphatic heterocycles. The molecule has 0 aliphatic carbocycles. The monoisotopic (exact) mass is 310 g/mol. The highest BCUT2D eigenvalue weighted by Crippen LogP contribution is 2.29. The molecule has 0 saturated heterocycles. The summed E-state index contributed by atoms with van der Waals surface area (Å²) in [6.07, 6.45) is 1.73. The van der Waals surface area contributed by atoms with Gasteiger partial charge in [-0.15, -0.1) is 22.7 Å². The molecule has 0 aromatic carbocycles. The Morgan fingerprint density at radius 1 is 1.24 bits per heavy atom. The Morgan fingerprint density at radius 3 is 3.05 bits per heavy atom. The van der Waals surface area contributed by atoms with Crippen molar-refractivity contribution in [2.24, 2.45) is 0 Å². The van der Waals surface area contributed by atoms with E-state index < -0.39 is 0 Å². The summed E-state index contributed by atoms with van der Waals surface area (Å²) < 4.78 is 6.36. The Morgan fingerprint density at radius 2 is 2.19 bits per heavy atom. The van der Waals surface area contributed by atoms with Gasteiger partial charge in [-0.1, -0.05) is 5.16 Å². The fourth-order valence-corrected chi connectivity index (χ4v) is 3.43. The highest BCUT2D eigenvalue weighted by Gasteiger charge is 2.13. The number of aromatic nitrogens is 3. The highest BCUT2D eigenvalue weighted by atomic mass is 32.1. The van der Waals surface area contributed by atoms with Gasteiger partial charge in [0, 0.05) is 11.8 Å². The second-order valence-corrected chi connectivity index (χ2v) is 6.26. The van der Waals surface area contributed by atoms with Crippen molar-refractivity contribution < 1.29 is 4.52 Å². The van der Waals surface area contributed by atoms with Gasteiger partial charge >= 0.3 is 0 Å². The summed E-state index contributed by atoms with van der Waals surface area (Å²) in [5.74, 6) is 0.919. The molecule has 0 radical (unpaired) electrons. The summed E-state index contributed by atoms with van der Waals surface area (Å²) in [6.45, 7) is 0. The van der Waals surface area contributed by atoms with Gasteiger partial charge < -0.3 is 4.52 Å². The maximum absolute atomic E-state index is 8.85. The molecule has 0 spiro atoms. The molecule has 5 nitrogen and oxygen atoms in total. The minimum atomic E-state index is 0.419. The van der Waals surface area contributed by atoms with Crippen LogP contribution in [0.4, 0.5) is 0 Å². The molecule has 0 amide bonds. The molecule has 4 rings (SSSR count). The molecule has 0 atom stereocenters. The van der Waals surface area contributed by atoms with E-state index in [0.717, 1.165) is 20.7 Å². The van der Waals surface area contributed by atoms with E-state index in [4.69, 9.17) is 9.78 Å². The van der Waals surface area contributed by atoms with Crippen LogP contribution in [0, 0.1) is 11.3 Å². The van der Waals surface area contributed by atoms with Crippen molar-refractivity contribution in [2.45, 2.75) is 0 Å². The van der Waals surface area contributed by atoms with E-state index >= 15 is 0 Å². The van der Waals surface area contributed by atoms with Crippen molar-refractivity contribution in [1.82, 2.24) is 15.1 Å². The second-order valence-electron chi connectivity index (χ2n) is 4.23. The van der Waals surface area contributed by atoms with Gasteiger partial charge in [0.1, 0.15) is 10.9 Å². The molecule has 0 aliphatic rings. The SMILES string of the molecule is N#Cc1ccc(-c2nc(-c3cnc4ccsc4c3)no2)s1. The maximum Gasteiger partial charge on any atom is 0.268 e. The lowest BCUT2D eigenvalue weighted by molar-refractivity contribution is 0.433. The lowest BCUT2D eigenvalue weighted by Crippen LogP contribution is -1.82. The summed E-state index contributed by atoms with van der Waals surface area (Å²) in [7, 11) is 0. The molecule has 4 aromatic rings. The first kappa shape index (κ1) is 12.2. The Labute approximate surface area is 127 Å². The van der Waals surface area contributed by atoms with Gasteiger partial charge in [0.05, 0.1) is 15.1 Å². The van der Waals surface area contributed by atoms with Crippen molar-refractivity contribution >= 4 is 32.9 Å². The lowest BCUT2D eigenvalue weighted by Gasteiger charge is -1.93. The molecule has 100 valence electrons. The fraction of sp³-hybridized carbons (Fsp3) is 0. The predicted molar refractivity (Wildman–Crippen MR) is 80.9 cm³/mol. The molecule has 0 bridgehead atoms. The first-order valence-corrected chi connectivity index (χ1v) is 7.71. The fourth-order valence-electron chi connectivity index (χ4n) is 1.92. The third kappa shape index (κ3) is 2.11. The third-order valence-corrected chi connectivity index (χ3v) is 4.74. The lowest BCUT2D eigenvalue weighted by atomic mass is 10.2. The summed E-state index contributed by atoms with van der Waals surface area (Å²) >= 11 is 2.95. The Balaban J connectivity index is 1.74. The summed E-state index contributed by atoms with van der Waals surface area (Å²) in [6, 6.07) is 9.61. The van der Waals surface area contributed by atoms with Gasteiger partial charge in [-0.05, 0) is 29.6 Å². The highest BCUT2D eigenvalue weighted by molar-refractivity contribution is 7.17. The summed E-state index contributed by atoms with van der Waals surface area (Å²) in [5, 5.41) is 14.8. The van der Waals surface area contributed by atoms with Crippen LogP contribution in [0.15, 0.2) is 40.4 Å². The topological polar surface area (TPSA) is 75.6 Å². The molecule has 7 heteroatoms. The minimum Gasteiger partial charge on any atom is -0.333 e. The first-order valence-electron chi connectivity index (χ1n) is 6.01. The summed E-state index contributed by atoms with van der Waals surface area (Å²) in [4.78, 5) is 10.1. The molecule has 0 fully saturated rings. The van der Waals surface area contributed by atoms with Crippen LogP contribution in [0.25, 0.3) is 32.4 Å². The van der Waals surface area contributed by atoms with Crippen molar-refractivity contribution in [2.75, 3.05) is 0 Å². The van der Waals surface area contributed by atoms with Gasteiger partial charge in [0.15, 0.2) is 0 Å². The number of thiophene rings is 2. The van der Waals surface area contributed by atoms with Crippen LogP contribution >= 0.6 is 22.7 Å². The van der Waals surface area contributed by atoms with Crippen LogP contribution in [0.2, 0.25) is 0 Å². The molecular weight excluding hydrogens is 304 g/mol. The summed E-state index contributed by atoms with van der Waals surface area (Å²) in [5.41, 5.74) is 1.78. The van der Waals surface area contributed by atoms with Crippen molar-refractivity contribution in [3.8, 4) is 28.2 Å². The second kappa shape index (κ2) is 4.77. The number of pyridine rings is 1. The number of nitrogens with zero attached hydrogens (tertiary/aromatic N) is 4. The quantitative estimate of drug-likeness (QED) is 0.560. The van der Waals surface area contributed by atoms with E-state index in [1.165, 1.54) is 11.3 Å². The first-order chi connectivity index (χ1) is 10.3. The standard InChI is InChI=1S/C14H6N4OS2/c15-6-9-1-2-11(21-9)14-17-13(18-19-14)8-5-12-10(16-7-8)3-4-20-12/h1-5,7H. The molecule has 0 saturated carbocycles. The normalized spacial score (nSPS) is 10.8. The van der Waals surface area contributed by atoms with Crippen LogP contribution in [-0.2, 0) is 0 Å². The van der Waals surface area contributed by atoms with Crippen molar-refractivity contribution in [3.63, 3.8) is 0 Å². The zero-order valence-corrected chi connectivity index (χ0v) is 12.1. The molecule has 4 heterocycles. The maximum atomic E-state index is 8.85. The van der Waals surface area contributed by atoms with Gasteiger partial charge in [-0.25, -0.2) is 0 Å². The van der Waals surface area contributed by atoms with E-state index in [-0.39, 0.29) is 0 Å². The average Bonchev–Trinajstić information content (AvgIpc) is 3.24. The van der Waals surface area contributed by atoms with E-state index in [9.17, 15) is 0 Å². The van der Waals surface area contributed by atoms with E-state index in [0.29, 0.717) is 16.6 Å². The van der Waals surface area contributed by atoms with Crippen molar-refractivity contribution in [1.29, 1.82) is 5.26 Å². The smallest absolute Gasteiger partial charge is 0.268 e. The minimum absolute atomic E-state index is 0.419. The molecular formula is C14H6N4OS2. The third-order valence-electron chi connectivity index (χ3n) is 2.91. The van der Waals surface area contributed by atoms with Crippen LogP contribution in [0.3, 0.4) is 0 Å². The molecule has 21 heavy (non-hydrogen) atoms.